The van der Waals surface area contributed by atoms with Gasteiger partial charge in [0.2, 0.25) is 57.0 Å². The largest absolute Gasteiger partial charge is 0.437 e. The van der Waals surface area contributed by atoms with E-state index in [1.165, 1.54) is 23.6 Å². The van der Waals surface area contributed by atoms with Gasteiger partial charge in [0.25, 0.3) is 0 Å². The molecule has 0 aliphatic heterocycles. The number of benzene rings is 5. The number of hydrogen-bond acceptors (Lipinski definition) is 10. The van der Waals surface area contributed by atoms with Crippen LogP contribution in [-0.2, 0) is 47.1 Å². The summed E-state index contributed by atoms with van der Waals surface area (Å²) in [6.45, 7) is 20.8. The molecule has 0 spiro atoms. The quantitative estimate of drug-likeness (QED) is 0.135. The van der Waals surface area contributed by atoms with Crippen molar-refractivity contribution in [3.63, 3.8) is 0 Å². The molecular formula is C116H123N10O5+5. The van der Waals surface area contributed by atoms with Crippen molar-refractivity contribution in [2.24, 2.45) is 40.7 Å². The van der Waals surface area contributed by atoms with Crippen LogP contribution in [0.25, 0.3) is 167 Å². The molecule has 2 aliphatic carbocycles. The summed E-state index contributed by atoms with van der Waals surface area (Å²) >= 11 is 0. The van der Waals surface area contributed by atoms with Crippen molar-refractivity contribution in [2.45, 2.75) is 199 Å². The van der Waals surface area contributed by atoms with Crippen molar-refractivity contribution in [3.05, 3.63) is 297 Å². The second kappa shape index (κ2) is 35.5. The summed E-state index contributed by atoms with van der Waals surface area (Å²) in [7, 11) is 9.96. The van der Waals surface area contributed by atoms with Crippen LogP contribution in [0.3, 0.4) is 0 Å². The molecule has 2 aliphatic rings. The van der Waals surface area contributed by atoms with E-state index >= 15 is 0 Å². The zero-order chi connectivity index (χ0) is 107. The molecule has 20 aromatic rings. The fourth-order valence-corrected chi connectivity index (χ4v) is 18.5. The number of rotatable bonds is 8. The summed E-state index contributed by atoms with van der Waals surface area (Å²) in [5, 5.41) is 9.42. The molecule has 22 rings (SSSR count). The lowest BCUT2D eigenvalue weighted by molar-refractivity contribution is -0.660. The molecule has 0 N–H and O–H groups in total. The number of nitrogens with zero attached hydrogens (tertiary/aromatic N) is 10. The Balaban J connectivity index is 0.000000121. The van der Waals surface area contributed by atoms with Crippen LogP contribution in [0.15, 0.2) is 235 Å². The molecule has 662 valence electrons. The Hall–Kier alpha value is -13.4. The minimum absolute atomic E-state index is 0.00465. The third kappa shape index (κ3) is 17.5. The molecule has 15 nitrogen and oxygen atoms in total. The van der Waals surface area contributed by atoms with Gasteiger partial charge >= 0.3 is 0 Å². The Labute approximate surface area is 792 Å². The zero-order valence-corrected chi connectivity index (χ0v) is 78.2. The Morgan fingerprint density at radius 2 is 0.626 bits per heavy atom. The topological polar surface area (TPSA) is 150 Å². The highest BCUT2D eigenvalue weighted by atomic mass is 16.4. The maximum atomic E-state index is 8.98. The number of aryl methyl sites for hydroxylation is 16. The number of furan rings is 5. The number of fused-ring (bicyclic) bond motifs is 15. The van der Waals surface area contributed by atoms with E-state index in [-0.39, 0.29) is 30.4 Å². The molecule has 1 atom stereocenters. The third-order valence-electron chi connectivity index (χ3n) is 25.1. The summed E-state index contributed by atoms with van der Waals surface area (Å²) in [6, 6.07) is 59.8. The van der Waals surface area contributed by atoms with Crippen molar-refractivity contribution in [3.8, 4) is 56.3 Å². The minimum atomic E-state index is -2.67. The van der Waals surface area contributed by atoms with E-state index in [0.29, 0.717) is 82.4 Å². The molecule has 0 radical (unpaired) electrons. The highest BCUT2D eigenvalue weighted by Gasteiger charge is 2.31. The Kier molecular flexibility index (Phi) is 18.8. The molecule has 0 bridgehead atoms. The van der Waals surface area contributed by atoms with Gasteiger partial charge in [-0.3, -0.25) is 0 Å². The summed E-state index contributed by atoms with van der Waals surface area (Å²) < 4.78 is 180. The first-order valence-corrected chi connectivity index (χ1v) is 44.9. The van der Waals surface area contributed by atoms with Gasteiger partial charge in [-0.05, 0) is 232 Å². The van der Waals surface area contributed by atoms with E-state index < -0.39 is 56.9 Å². The van der Waals surface area contributed by atoms with Gasteiger partial charge in [0.05, 0.1) is 27.8 Å². The smallest absolute Gasteiger partial charge is 0.227 e. The Morgan fingerprint density at radius 3 is 0.977 bits per heavy atom. The number of aromatic nitrogens is 10. The van der Waals surface area contributed by atoms with E-state index in [1.54, 1.807) is 36.5 Å². The highest BCUT2D eigenvalue weighted by molar-refractivity contribution is 6.13. The van der Waals surface area contributed by atoms with Gasteiger partial charge in [-0.1, -0.05) is 134 Å². The second-order valence-corrected chi connectivity index (χ2v) is 36.9. The molecule has 2 saturated carbocycles. The first kappa shape index (κ1) is 69.6. The summed E-state index contributed by atoms with van der Waals surface area (Å²) in [5.41, 5.74) is 27.9. The van der Waals surface area contributed by atoms with Crippen LogP contribution < -0.4 is 22.8 Å². The SMILES string of the molecule is Cc1ccc(-c2c(C)ccc3c2oc2nc(C(C)(C)C)ccc23)[n+](C)c1.[2H]C([2H])([2H])C(C)(Cc1ccc2c(n1)oc1c(-c3ccc(C)c[n+]3C)c(C)ccc12)C([2H])([2H])[2H].[2H]C([2H])([2H])c1ccc(-c2c(C)ccc3c2oc2nc(C)ccc23)[n+](C)c1.[2H]C1([2H])CCCC([2H])([2H])C1([2H])c1ccc2c(n1)oc1c(-c3ccc(C)c[n+]3C)c(C)ccc12.[2H]C1([2H])CCCC1([2H])c1ccc2c(n1)oc1c(-c3ccc(C)c[n+]3C)c(C)ccc12. The Bertz CT molecular complexity index is 8690. The third-order valence-corrected chi connectivity index (χ3v) is 25.1. The van der Waals surface area contributed by atoms with Crippen LogP contribution in [-0.4, -0.2) is 24.9 Å². The first-order chi connectivity index (χ1) is 69.4. The summed E-state index contributed by atoms with van der Waals surface area (Å²) in [4.78, 5) is 23.1. The summed E-state index contributed by atoms with van der Waals surface area (Å²) in [5.74, 6) is -3.45. The van der Waals surface area contributed by atoms with Gasteiger partial charge in [0.15, 0.2) is 58.9 Å². The average molecular weight is 1750 g/mol. The van der Waals surface area contributed by atoms with Gasteiger partial charge in [-0.2, -0.15) is 0 Å². The maximum Gasteiger partial charge on any atom is 0.227 e. The normalized spacial score (nSPS) is 18.0. The molecule has 15 aromatic heterocycles. The molecule has 0 amide bonds. The molecule has 131 heavy (non-hydrogen) atoms. The van der Waals surface area contributed by atoms with E-state index in [1.807, 2.05) is 135 Å². The molecule has 2 fully saturated rings. The van der Waals surface area contributed by atoms with E-state index in [0.717, 1.165) is 172 Å². The van der Waals surface area contributed by atoms with Crippen molar-refractivity contribution in [1.82, 2.24) is 24.9 Å². The van der Waals surface area contributed by atoms with E-state index in [2.05, 4.69) is 210 Å². The maximum absolute atomic E-state index is 8.98. The predicted octanol–water partition coefficient (Wildman–Crippen LogP) is 27.3. The molecular weight excluding hydrogens is 1610 g/mol. The lowest BCUT2D eigenvalue weighted by atomic mass is 9.86. The first-order valence-electron chi connectivity index (χ1n) is 53.4. The minimum Gasteiger partial charge on any atom is -0.437 e. The molecule has 5 aromatic carbocycles. The number of hydrogen-bond donors (Lipinski definition) is 0. The van der Waals surface area contributed by atoms with Crippen LogP contribution in [0, 0.1) is 81.5 Å². The van der Waals surface area contributed by atoms with Crippen molar-refractivity contribution >= 4 is 110 Å². The monoisotopic (exact) mass is 1750 g/mol. The summed E-state index contributed by atoms with van der Waals surface area (Å²) in [6.07, 6.45) is 6.35. The van der Waals surface area contributed by atoms with E-state index in [9.17, 15) is 0 Å². The number of pyridine rings is 10. The van der Waals surface area contributed by atoms with Crippen molar-refractivity contribution < 1.29 is 68.2 Å². The lowest BCUT2D eigenvalue weighted by Crippen LogP contribution is -2.31. The van der Waals surface area contributed by atoms with Crippen LogP contribution in [0.2, 0.25) is 0 Å². The standard InChI is InChI=1S/C25H27N2O.C24H25N2O.C24H27N2O.C23H25N2O.C20H19N2O/c1-16-9-14-22(27(3)15-16)23-17(2)10-11-19-20-12-13-21(18-7-5-4-6-8-18)26-25(20)28-24(19)23;1-15-8-13-21(26(3)14-15)22-16(2)9-10-18-19-11-12-20(17-6-4-5-7-17)25-24(19)27-23(18)22;1-15-7-12-20(26(6)14-15)21-16(2)8-10-18-19-11-9-17(13-24(3,4)5)25-23(19)27-22(18)21;1-14-7-11-18(25(6)13-14)20-15(2)8-9-16-17-10-12-19(23(3,4)5)24-22(17)26-21(16)20;1-12-5-10-17(22(4)11-12)18-13(2)6-8-15-16-9-7-14(3)21-20(16)23-19(15)18/h9-15,18H,4-8H2,1-3H3;8-14,17H,4-7H2,1-3H3;7-12,14H,13H2,1-6H3;7-13H,1-6H3;5-11H,1-4H3/q5*+1/i7D2,8D2,18D;6D2,17D;3D3,4D3;;1D3. The van der Waals surface area contributed by atoms with Crippen molar-refractivity contribution in [1.29, 1.82) is 0 Å². The molecule has 15 heterocycles. The Morgan fingerprint density at radius 1 is 0.321 bits per heavy atom. The van der Waals surface area contributed by atoms with Crippen LogP contribution in [0.4, 0.5) is 0 Å². The van der Waals surface area contributed by atoms with Gasteiger partial charge < -0.3 is 22.1 Å². The van der Waals surface area contributed by atoms with Gasteiger partial charge in [-0.15, -0.1) is 0 Å². The zero-order valence-electron chi connectivity index (χ0n) is 95.2. The van der Waals surface area contributed by atoms with Crippen LogP contribution in [0.1, 0.15) is 218 Å². The van der Waals surface area contributed by atoms with Crippen LogP contribution in [0.5, 0.6) is 0 Å². The van der Waals surface area contributed by atoms with Gasteiger partial charge in [0.1, 0.15) is 35.2 Å². The lowest BCUT2D eigenvalue weighted by Gasteiger charge is -2.20. The predicted molar refractivity (Wildman–Crippen MR) is 532 cm³/mol. The fraction of sp³-hybridized carbons (Fsp3) is 0.310. The van der Waals surface area contributed by atoms with Crippen molar-refractivity contribution in [2.75, 3.05) is 0 Å². The van der Waals surface area contributed by atoms with E-state index in [4.69, 9.17) is 50.4 Å². The molecule has 15 heteroatoms. The second-order valence-electron chi connectivity index (χ2n) is 36.9. The molecule has 1 unspecified atom stereocenters. The molecule has 0 saturated heterocycles. The fourth-order valence-electron chi connectivity index (χ4n) is 18.5. The average Bonchev–Trinajstić information content (AvgIpc) is 1.08. The van der Waals surface area contributed by atoms with Crippen LogP contribution >= 0.6 is 0 Å². The van der Waals surface area contributed by atoms with Gasteiger partial charge in [0, 0.05) is 181 Å². The highest BCUT2D eigenvalue weighted by Crippen LogP contribution is 2.45. The van der Waals surface area contributed by atoms with Gasteiger partial charge in [-0.25, -0.2) is 47.8 Å².